The molecule has 9 heteroatoms. The highest BCUT2D eigenvalue weighted by molar-refractivity contribution is 9.10. The van der Waals surface area contributed by atoms with Crippen LogP contribution in [0.1, 0.15) is 18.1 Å². The van der Waals surface area contributed by atoms with Gasteiger partial charge < -0.3 is 0 Å². The van der Waals surface area contributed by atoms with Gasteiger partial charge in [-0.15, -0.1) is 0 Å². The molecule has 0 aliphatic heterocycles. The van der Waals surface area contributed by atoms with E-state index in [2.05, 4.69) is 15.9 Å². The Morgan fingerprint density at radius 2 is 1.46 bits per heavy atom. The Morgan fingerprint density at radius 1 is 0.923 bits per heavy atom. The lowest BCUT2D eigenvalue weighted by atomic mass is 9.85. The lowest BCUT2D eigenvalue weighted by molar-refractivity contribution is -0.348. The zero-order valence-corrected chi connectivity index (χ0v) is 15.4. The number of benzene rings is 2. The molecular formula is C17H11BrClF7. The third-order valence-corrected chi connectivity index (χ3v) is 4.81. The van der Waals surface area contributed by atoms with Crippen LogP contribution in [0.2, 0.25) is 5.02 Å². The lowest BCUT2D eigenvalue weighted by Gasteiger charge is -2.32. The van der Waals surface area contributed by atoms with Gasteiger partial charge in [0, 0.05) is 26.2 Å². The molecule has 0 saturated heterocycles. The molecule has 0 aliphatic rings. The zero-order chi connectivity index (χ0) is 19.9. The highest BCUT2D eigenvalue weighted by atomic mass is 79.9. The summed E-state index contributed by atoms with van der Waals surface area (Å²) in [7, 11) is 0. The highest BCUT2D eigenvalue weighted by Gasteiger charge is 2.74. The van der Waals surface area contributed by atoms with Crippen molar-refractivity contribution >= 4 is 27.5 Å². The van der Waals surface area contributed by atoms with E-state index < -0.39 is 29.1 Å². The molecule has 0 N–H and O–H groups in total. The van der Waals surface area contributed by atoms with E-state index in [0.717, 1.165) is 0 Å². The molecular weight excluding hydrogens is 453 g/mol. The lowest BCUT2D eigenvalue weighted by Crippen LogP contribution is -2.50. The summed E-state index contributed by atoms with van der Waals surface area (Å²) in [6.07, 6.45) is -12.3. The fraction of sp³-hybridized carbons (Fsp3) is 0.294. The molecule has 0 spiro atoms. The molecule has 0 aromatic heterocycles. The van der Waals surface area contributed by atoms with Gasteiger partial charge in [-0.25, -0.2) is 4.39 Å². The standard InChI is InChI=1S/C17H11BrClF7/c1-2-9-7-11(15(20,16(21,22)23)17(24,25)26)14(12(18)8-9)10-5-3-4-6-13(10)19/h3-8H,2H2,1H3. The van der Waals surface area contributed by atoms with Gasteiger partial charge in [-0.1, -0.05) is 58.7 Å². The molecule has 142 valence electrons. The van der Waals surface area contributed by atoms with Gasteiger partial charge in [0.05, 0.1) is 0 Å². The fourth-order valence-electron chi connectivity index (χ4n) is 2.54. The minimum atomic E-state index is -6.22. The molecule has 2 aromatic carbocycles. The van der Waals surface area contributed by atoms with Gasteiger partial charge in [-0.05, 0) is 24.1 Å². The van der Waals surface area contributed by atoms with Crippen LogP contribution in [-0.2, 0) is 12.1 Å². The molecule has 0 fully saturated rings. The molecule has 2 aromatic rings. The molecule has 2 rings (SSSR count). The second-order valence-electron chi connectivity index (χ2n) is 5.49. The van der Waals surface area contributed by atoms with Crippen molar-refractivity contribution in [2.24, 2.45) is 0 Å². The topological polar surface area (TPSA) is 0 Å². The van der Waals surface area contributed by atoms with E-state index in [9.17, 15) is 30.7 Å². The Bertz CT molecular complexity index is 798. The summed E-state index contributed by atoms with van der Waals surface area (Å²) in [6.45, 7) is 1.53. The normalized spacial score (nSPS) is 13.2. The first kappa shape index (κ1) is 21.0. The summed E-state index contributed by atoms with van der Waals surface area (Å²) < 4.78 is 94.5. The van der Waals surface area contributed by atoms with Crippen LogP contribution in [0.25, 0.3) is 11.1 Å². The summed E-state index contributed by atoms with van der Waals surface area (Å²) in [5.41, 5.74) is -7.73. The number of rotatable bonds is 3. The second kappa shape index (κ2) is 7.03. The van der Waals surface area contributed by atoms with Gasteiger partial charge in [0.1, 0.15) is 0 Å². The molecule has 0 radical (unpaired) electrons. The maximum atomic E-state index is 14.8. The summed E-state index contributed by atoms with van der Waals surface area (Å²) >= 11 is 8.92. The summed E-state index contributed by atoms with van der Waals surface area (Å²) in [5.74, 6) is 0. The van der Waals surface area contributed by atoms with Crippen LogP contribution < -0.4 is 0 Å². The largest absolute Gasteiger partial charge is 0.435 e. The third-order valence-electron chi connectivity index (χ3n) is 3.85. The molecule has 0 atom stereocenters. The Balaban J connectivity index is 2.99. The van der Waals surface area contributed by atoms with Crippen LogP contribution in [0.4, 0.5) is 30.7 Å². The minimum absolute atomic E-state index is 0.106. The van der Waals surface area contributed by atoms with E-state index in [-0.39, 0.29) is 27.0 Å². The van der Waals surface area contributed by atoms with Gasteiger partial charge in [-0.2, -0.15) is 26.3 Å². The third kappa shape index (κ3) is 3.45. The fourth-order valence-corrected chi connectivity index (χ4v) is 3.49. The van der Waals surface area contributed by atoms with E-state index in [4.69, 9.17) is 11.6 Å². The van der Waals surface area contributed by atoms with Gasteiger partial charge >= 0.3 is 18.0 Å². The maximum Gasteiger partial charge on any atom is 0.435 e. The number of aryl methyl sites for hydroxylation is 1. The Labute approximate surface area is 158 Å². The van der Waals surface area contributed by atoms with Crippen molar-refractivity contribution in [3.8, 4) is 11.1 Å². The van der Waals surface area contributed by atoms with Crippen LogP contribution in [0.3, 0.4) is 0 Å². The first-order valence-electron chi connectivity index (χ1n) is 7.24. The molecule has 0 bridgehead atoms. The minimum Gasteiger partial charge on any atom is -0.218 e. The second-order valence-corrected chi connectivity index (χ2v) is 6.75. The van der Waals surface area contributed by atoms with E-state index in [1.165, 1.54) is 37.3 Å². The molecule has 26 heavy (non-hydrogen) atoms. The van der Waals surface area contributed by atoms with Crippen molar-refractivity contribution in [2.75, 3.05) is 0 Å². The monoisotopic (exact) mass is 462 g/mol. The van der Waals surface area contributed by atoms with Crippen molar-refractivity contribution in [1.29, 1.82) is 0 Å². The smallest absolute Gasteiger partial charge is 0.218 e. The van der Waals surface area contributed by atoms with E-state index in [1.807, 2.05) is 0 Å². The Kier molecular flexibility index (Phi) is 5.69. The Hall–Kier alpha value is -1.28. The van der Waals surface area contributed by atoms with Gasteiger partial charge in [-0.3, -0.25) is 0 Å². The van der Waals surface area contributed by atoms with Crippen LogP contribution in [0.5, 0.6) is 0 Å². The average molecular weight is 464 g/mol. The van der Waals surface area contributed by atoms with Crippen molar-refractivity contribution < 1.29 is 30.7 Å². The number of hydrogen-bond donors (Lipinski definition) is 0. The highest BCUT2D eigenvalue weighted by Crippen LogP contribution is 2.56. The molecule has 0 amide bonds. The first-order valence-corrected chi connectivity index (χ1v) is 8.41. The Morgan fingerprint density at radius 3 is 1.92 bits per heavy atom. The predicted octanol–water partition coefficient (Wildman–Crippen LogP) is 7.62. The first-order chi connectivity index (χ1) is 11.8. The van der Waals surface area contributed by atoms with Crippen molar-refractivity contribution in [3.63, 3.8) is 0 Å². The van der Waals surface area contributed by atoms with Crippen LogP contribution >= 0.6 is 27.5 Å². The van der Waals surface area contributed by atoms with Gasteiger partial charge in [0.2, 0.25) is 0 Å². The predicted molar refractivity (Wildman–Crippen MR) is 88.9 cm³/mol. The maximum absolute atomic E-state index is 14.8. The molecule has 0 unspecified atom stereocenters. The SMILES string of the molecule is CCc1cc(Br)c(-c2ccccc2Cl)c(C(F)(C(F)(F)F)C(F)(F)F)c1. The van der Waals surface area contributed by atoms with Crippen molar-refractivity contribution in [1.82, 2.24) is 0 Å². The van der Waals surface area contributed by atoms with Gasteiger partial charge in [0.25, 0.3) is 0 Å². The molecule has 0 heterocycles. The molecule has 0 nitrogen and oxygen atoms in total. The average Bonchev–Trinajstić information content (AvgIpc) is 2.52. The van der Waals surface area contributed by atoms with E-state index in [1.54, 1.807) is 0 Å². The quantitative estimate of drug-likeness (QED) is 0.411. The summed E-state index contributed by atoms with van der Waals surface area (Å²) in [6, 6.07) is 7.29. The van der Waals surface area contributed by atoms with Crippen LogP contribution in [0.15, 0.2) is 40.9 Å². The number of hydrogen-bond acceptors (Lipinski definition) is 0. The van der Waals surface area contributed by atoms with Crippen molar-refractivity contribution in [2.45, 2.75) is 31.4 Å². The molecule has 0 aliphatic carbocycles. The van der Waals surface area contributed by atoms with Crippen LogP contribution in [-0.4, -0.2) is 12.4 Å². The van der Waals surface area contributed by atoms with Gasteiger partial charge in [0.15, 0.2) is 0 Å². The zero-order valence-electron chi connectivity index (χ0n) is 13.1. The molecule has 0 saturated carbocycles. The van der Waals surface area contributed by atoms with Crippen molar-refractivity contribution in [3.05, 3.63) is 57.0 Å². The van der Waals surface area contributed by atoms with E-state index >= 15 is 0 Å². The van der Waals surface area contributed by atoms with Crippen LogP contribution in [0, 0.1) is 0 Å². The number of alkyl halides is 7. The number of halogens is 9. The van der Waals surface area contributed by atoms with E-state index in [0.29, 0.717) is 6.07 Å². The summed E-state index contributed by atoms with van der Waals surface area (Å²) in [5, 5.41) is -0.106. The summed E-state index contributed by atoms with van der Waals surface area (Å²) in [4.78, 5) is 0.